The normalized spacial score (nSPS) is 10.3. The lowest BCUT2D eigenvalue weighted by Gasteiger charge is -2.10. The minimum Gasteiger partial charge on any atom is -0.497 e. The molecular formula is C19H17N3O6S. The number of aromatic nitrogens is 1. The molecule has 9 nitrogen and oxygen atoms in total. The van der Waals surface area contributed by atoms with Crippen molar-refractivity contribution in [3.8, 4) is 28.5 Å². The molecule has 0 aliphatic rings. The lowest BCUT2D eigenvalue weighted by atomic mass is 10.1. The number of hydrogen-bond acceptors (Lipinski definition) is 8. The van der Waals surface area contributed by atoms with E-state index >= 15 is 0 Å². The van der Waals surface area contributed by atoms with E-state index in [9.17, 15) is 14.9 Å². The highest BCUT2D eigenvalue weighted by molar-refractivity contribution is 7.14. The number of nitrogens with one attached hydrogen (secondary N) is 1. The first-order valence-corrected chi connectivity index (χ1v) is 9.16. The summed E-state index contributed by atoms with van der Waals surface area (Å²) in [5.41, 5.74) is 0.954. The van der Waals surface area contributed by atoms with Gasteiger partial charge in [-0.25, -0.2) is 4.98 Å². The Morgan fingerprint density at radius 2 is 1.72 bits per heavy atom. The van der Waals surface area contributed by atoms with Crippen molar-refractivity contribution in [2.75, 3.05) is 26.6 Å². The number of anilines is 1. The molecule has 0 radical (unpaired) electrons. The molecule has 150 valence electrons. The van der Waals surface area contributed by atoms with Crippen LogP contribution in [0.4, 0.5) is 10.8 Å². The van der Waals surface area contributed by atoms with E-state index in [-0.39, 0.29) is 17.1 Å². The SMILES string of the molecule is COc1ccc(-c2csc(NC(=O)c3cc(OC)c(OC)cc3[N+](=O)[O-])n2)cc1. The van der Waals surface area contributed by atoms with E-state index in [1.807, 2.05) is 12.1 Å². The number of rotatable bonds is 7. The predicted molar refractivity (Wildman–Crippen MR) is 108 cm³/mol. The molecule has 0 bridgehead atoms. The molecule has 0 saturated carbocycles. The minimum absolute atomic E-state index is 0.158. The summed E-state index contributed by atoms with van der Waals surface area (Å²) in [4.78, 5) is 27.8. The Hall–Kier alpha value is -3.66. The van der Waals surface area contributed by atoms with Crippen molar-refractivity contribution >= 4 is 28.1 Å². The first-order chi connectivity index (χ1) is 14.0. The van der Waals surface area contributed by atoms with Crippen LogP contribution in [0.25, 0.3) is 11.3 Å². The van der Waals surface area contributed by atoms with Gasteiger partial charge < -0.3 is 14.2 Å². The lowest BCUT2D eigenvalue weighted by Crippen LogP contribution is -2.14. The smallest absolute Gasteiger partial charge is 0.286 e. The van der Waals surface area contributed by atoms with Crippen molar-refractivity contribution in [2.24, 2.45) is 0 Å². The average Bonchev–Trinajstić information content (AvgIpc) is 3.20. The van der Waals surface area contributed by atoms with Crippen molar-refractivity contribution in [1.82, 2.24) is 4.98 Å². The van der Waals surface area contributed by atoms with Crippen LogP contribution in [0.3, 0.4) is 0 Å². The topological polar surface area (TPSA) is 113 Å². The molecule has 0 unspecified atom stereocenters. The summed E-state index contributed by atoms with van der Waals surface area (Å²) < 4.78 is 15.3. The molecule has 3 rings (SSSR count). The highest BCUT2D eigenvalue weighted by Crippen LogP contribution is 2.35. The van der Waals surface area contributed by atoms with Crippen LogP contribution in [0.15, 0.2) is 41.8 Å². The number of carbonyl (C=O) groups excluding carboxylic acids is 1. The fraction of sp³-hybridized carbons (Fsp3) is 0.158. The van der Waals surface area contributed by atoms with Gasteiger partial charge in [0, 0.05) is 17.0 Å². The van der Waals surface area contributed by atoms with E-state index in [2.05, 4.69) is 10.3 Å². The van der Waals surface area contributed by atoms with E-state index in [4.69, 9.17) is 14.2 Å². The van der Waals surface area contributed by atoms with Gasteiger partial charge in [0.05, 0.1) is 38.0 Å². The van der Waals surface area contributed by atoms with Gasteiger partial charge in [-0.3, -0.25) is 20.2 Å². The monoisotopic (exact) mass is 415 g/mol. The Morgan fingerprint density at radius 3 is 2.31 bits per heavy atom. The van der Waals surface area contributed by atoms with Crippen LogP contribution in [-0.2, 0) is 0 Å². The Kier molecular flexibility index (Phi) is 5.93. The molecular weight excluding hydrogens is 398 g/mol. The van der Waals surface area contributed by atoms with Gasteiger partial charge in [-0.2, -0.15) is 0 Å². The van der Waals surface area contributed by atoms with Gasteiger partial charge in [0.25, 0.3) is 11.6 Å². The van der Waals surface area contributed by atoms with Gasteiger partial charge in [0.1, 0.15) is 11.3 Å². The van der Waals surface area contributed by atoms with Gasteiger partial charge in [0.15, 0.2) is 16.6 Å². The van der Waals surface area contributed by atoms with Crippen LogP contribution in [-0.4, -0.2) is 37.1 Å². The number of methoxy groups -OCH3 is 3. The molecule has 0 saturated heterocycles. The molecule has 2 aromatic carbocycles. The second kappa shape index (κ2) is 8.57. The lowest BCUT2D eigenvalue weighted by molar-refractivity contribution is -0.385. The van der Waals surface area contributed by atoms with Gasteiger partial charge in [0.2, 0.25) is 0 Å². The van der Waals surface area contributed by atoms with Crippen LogP contribution in [0.5, 0.6) is 17.2 Å². The standard InChI is InChI=1S/C19H17N3O6S/c1-26-12-6-4-11(5-7-12)14-10-29-19(20-14)21-18(23)13-8-16(27-2)17(28-3)9-15(13)22(24)25/h4-10H,1-3H3,(H,20,21,23). The second-order valence-corrected chi connectivity index (χ2v) is 6.56. The van der Waals surface area contributed by atoms with Crippen molar-refractivity contribution < 1.29 is 23.9 Å². The zero-order valence-electron chi connectivity index (χ0n) is 15.8. The summed E-state index contributed by atoms with van der Waals surface area (Å²) in [6.07, 6.45) is 0. The van der Waals surface area contributed by atoms with Gasteiger partial charge in [-0.15, -0.1) is 11.3 Å². The maximum absolute atomic E-state index is 12.7. The molecule has 10 heteroatoms. The third kappa shape index (κ3) is 4.27. The van der Waals surface area contributed by atoms with E-state index in [0.717, 1.165) is 17.4 Å². The molecule has 29 heavy (non-hydrogen) atoms. The summed E-state index contributed by atoms with van der Waals surface area (Å²) in [5.74, 6) is 0.416. The van der Waals surface area contributed by atoms with Crippen LogP contribution < -0.4 is 19.5 Å². The Labute approximate surface area is 170 Å². The number of nitro groups is 1. The molecule has 1 heterocycles. The van der Waals surface area contributed by atoms with Crippen molar-refractivity contribution in [1.29, 1.82) is 0 Å². The molecule has 0 spiro atoms. The fourth-order valence-corrected chi connectivity index (χ4v) is 3.31. The molecule has 1 amide bonds. The van der Waals surface area contributed by atoms with E-state index < -0.39 is 16.5 Å². The highest BCUT2D eigenvalue weighted by Gasteiger charge is 2.25. The van der Waals surface area contributed by atoms with Crippen LogP contribution in [0.1, 0.15) is 10.4 Å². The molecule has 0 aliphatic carbocycles. The summed E-state index contributed by atoms with van der Waals surface area (Å²) in [6.45, 7) is 0. The van der Waals surface area contributed by atoms with Crippen molar-refractivity contribution in [3.63, 3.8) is 0 Å². The first kappa shape index (κ1) is 20.1. The summed E-state index contributed by atoms with van der Waals surface area (Å²) in [7, 11) is 4.32. The number of amides is 1. The number of ether oxygens (including phenoxy) is 3. The highest BCUT2D eigenvalue weighted by atomic mass is 32.1. The summed E-state index contributed by atoms with van der Waals surface area (Å²) in [6, 6.07) is 9.72. The second-order valence-electron chi connectivity index (χ2n) is 5.70. The number of benzene rings is 2. The van der Waals surface area contributed by atoms with Crippen LogP contribution in [0, 0.1) is 10.1 Å². The Morgan fingerprint density at radius 1 is 1.07 bits per heavy atom. The predicted octanol–water partition coefficient (Wildman–Crippen LogP) is 4.00. The van der Waals surface area contributed by atoms with Gasteiger partial charge in [-0.1, -0.05) is 0 Å². The zero-order chi connectivity index (χ0) is 21.0. The average molecular weight is 415 g/mol. The Balaban J connectivity index is 1.87. The summed E-state index contributed by atoms with van der Waals surface area (Å²) >= 11 is 1.21. The molecule has 3 aromatic rings. The van der Waals surface area contributed by atoms with Crippen LogP contribution >= 0.6 is 11.3 Å². The quantitative estimate of drug-likeness (QED) is 0.458. The van der Waals surface area contributed by atoms with Gasteiger partial charge in [-0.05, 0) is 24.3 Å². The number of thiazole rings is 1. The maximum atomic E-state index is 12.7. The summed E-state index contributed by atoms with van der Waals surface area (Å²) in [5, 5.41) is 16.1. The number of hydrogen-bond donors (Lipinski definition) is 1. The molecule has 1 N–H and O–H groups in total. The number of nitrogens with zero attached hydrogens (tertiary/aromatic N) is 2. The van der Waals surface area contributed by atoms with Gasteiger partial charge >= 0.3 is 0 Å². The van der Waals surface area contributed by atoms with E-state index in [0.29, 0.717) is 10.8 Å². The first-order valence-electron chi connectivity index (χ1n) is 8.28. The van der Waals surface area contributed by atoms with Crippen molar-refractivity contribution in [2.45, 2.75) is 0 Å². The largest absolute Gasteiger partial charge is 0.497 e. The number of carbonyl (C=O) groups is 1. The number of nitro benzene ring substituents is 1. The third-order valence-electron chi connectivity index (χ3n) is 4.05. The van der Waals surface area contributed by atoms with E-state index in [1.54, 1.807) is 24.6 Å². The molecule has 0 atom stereocenters. The van der Waals surface area contributed by atoms with E-state index in [1.165, 1.54) is 31.6 Å². The maximum Gasteiger partial charge on any atom is 0.286 e. The minimum atomic E-state index is -0.673. The molecule has 0 aliphatic heterocycles. The van der Waals surface area contributed by atoms with Crippen LogP contribution in [0.2, 0.25) is 0 Å². The fourth-order valence-electron chi connectivity index (χ4n) is 2.59. The van der Waals surface area contributed by atoms with Crippen molar-refractivity contribution in [3.05, 3.63) is 57.5 Å². The molecule has 1 aromatic heterocycles. The Bertz CT molecular complexity index is 1050. The zero-order valence-corrected chi connectivity index (χ0v) is 16.6. The third-order valence-corrected chi connectivity index (χ3v) is 4.81. The molecule has 0 fully saturated rings.